The van der Waals surface area contributed by atoms with E-state index in [-0.39, 0.29) is 11.5 Å². The van der Waals surface area contributed by atoms with E-state index in [2.05, 4.69) is 11.6 Å². The van der Waals surface area contributed by atoms with Gasteiger partial charge in [-0.05, 0) is 13.0 Å². The monoisotopic (exact) mass is 352 g/mol. The van der Waals surface area contributed by atoms with Crippen LogP contribution in [0, 0.1) is 10.1 Å². The van der Waals surface area contributed by atoms with Gasteiger partial charge in [-0.15, -0.1) is 0 Å². The molecule has 1 aromatic carbocycles. The van der Waals surface area contributed by atoms with E-state index in [0.717, 1.165) is 0 Å². The van der Waals surface area contributed by atoms with E-state index < -0.39 is 4.92 Å². The molecule has 0 aliphatic carbocycles. The highest BCUT2D eigenvalue weighted by Gasteiger charge is 2.22. The maximum absolute atomic E-state index is 12.8. The van der Waals surface area contributed by atoms with Crippen molar-refractivity contribution in [3.8, 4) is 11.3 Å². The van der Waals surface area contributed by atoms with Crippen molar-refractivity contribution in [2.24, 2.45) is 0 Å². The highest BCUT2D eigenvalue weighted by Crippen LogP contribution is 2.28. The van der Waals surface area contributed by atoms with Gasteiger partial charge in [0, 0.05) is 50.3 Å². The average molecular weight is 352 g/mol. The summed E-state index contributed by atoms with van der Waals surface area (Å²) in [6.07, 6.45) is 8.10. The second-order valence-electron chi connectivity index (χ2n) is 5.67. The Morgan fingerprint density at radius 1 is 1.38 bits per heavy atom. The number of nitro benzene ring substituents is 1. The van der Waals surface area contributed by atoms with Gasteiger partial charge in [-0.3, -0.25) is 19.5 Å². The highest BCUT2D eigenvalue weighted by molar-refractivity contribution is 6.08. The van der Waals surface area contributed by atoms with E-state index in [1.165, 1.54) is 24.4 Å². The molecule has 134 valence electrons. The van der Waals surface area contributed by atoms with Gasteiger partial charge in [0.05, 0.1) is 4.92 Å². The summed E-state index contributed by atoms with van der Waals surface area (Å²) in [5.41, 5.74) is 1.10. The number of benzene rings is 1. The van der Waals surface area contributed by atoms with Gasteiger partial charge in [0.2, 0.25) is 5.78 Å². The Balaban J connectivity index is 2.72. The zero-order chi connectivity index (χ0) is 19.3. The van der Waals surface area contributed by atoms with Crippen LogP contribution < -0.4 is 0 Å². The lowest BCUT2D eigenvalue weighted by Crippen LogP contribution is -2.07. The zero-order valence-corrected chi connectivity index (χ0v) is 14.9. The molecule has 7 heteroatoms. The fraction of sp³-hybridized carbons (Fsp3) is 0.158. The van der Waals surface area contributed by atoms with Gasteiger partial charge in [-0.2, -0.15) is 0 Å². The van der Waals surface area contributed by atoms with E-state index in [4.69, 9.17) is 0 Å². The maximum Gasteiger partial charge on any atom is 0.270 e. The molecule has 0 saturated carbocycles. The standard InChI is InChI=1S/C19H20N4O3/c1-5-8-17-20-18(14-9-7-10-15(13-14)23(25)26)19(22(17)6-2)16(24)11-12-21(3)4/h5-13H,2H2,1,3-4H3/b8-5-,12-11+. The third kappa shape index (κ3) is 3.94. The molecule has 2 aromatic rings. The van der Waals surface area contributed by atoms with Gasteiger partial charge in [0.25, 0.3) is 5.69 Å². The van der Waals surface area contributed by atoms with Crippen LogP contribution in [0.3, 0.4) is 0 Å². The smallest absolute Gasteiger partial charge is 0.270 e. The molecule has 0 aliphatic heterocycles. The SMILES string of the molecule is C=Cn1c(/C=C\C)nc(-c2cccc([N+](=O)[O-])c2)c1C(=O)/C=C/N(C)C. The van der Waals surface area contributed by atoms with E-state index in [9.17, 15) is 14.9 Å². The molecular formula is C19H20N4O3. The van der Waals surface area contributed by atoms with Crippen LogP contribution in [0.5, 0.6) is 0 Å². The molecule has 0 aliphatic rings. The summed E-state index contributed by atoms with van der Waals surface area (Å²) in [4.78, 5) is 29.6. The first-order valence-electron chi connectivity index (χ1n) is 7.90. The lowest BCUT2D eigenvalue weighted by molar-refractivity contribution is -0.384. The topological polar surface area (TPSA) is 81.3 Å². The Hall–Kier alpha value is -3.48. The lowest BCUT2D eigenvalue weighted by Gasteiger charge is -2.06. The summed E-state index contributed by atoms with van der Waals surface area (Å²) in [6.45, 7) is 5.59. The van der Waals surface area contributed by atoms with E-state index in [1.807, 2.05) is 6.92 Å². The molecule has 0 N–H and O–H groups in total. The van der Waals surface area contributed by atoms with Crippen LogP contribution in [0.2, 0.25) is 0 Å². The van der Waals surface area contributed by atoms with E-state index >= 15 is 0 Å². The molecule has 7 nitrogen and oxygen atoms in total. The number of non-ortho nitro benzene ring substituents is 1. The van der Waals surface area contributed by atoms with Crippen LogP contribution in [-0.4, -0.2) is 39.3 Å². The van der Waals surface area contributed by atoms with Gasteiger partial charge in [0.1, 0.15) is 17.2 Å². The van der Waals surface area contributed by atoms with Crippen LogP contribution in [0.15, 0.2) is 49.2 Å². The summed E-state index contributed by atoms with van der Waals surface area (Å²) in [5.74, 6) is 0.244. The number of carbonyl (C=O) groups is 1. The summed E-state index contributed by atoms with van der Waals surface area (Å²) in [5, 5.41) is 11.1. The summed E-state index contributed by atoms with van der Waals surface area (Å²) in [7, 11) is 3.61. The zero-order valence-electron chi connectivity index (χ0n) is 14.9. The molecule has 26 heavy (non-hydrogen) atoms. The first-order chi connectivity index (χ1) is 12.4. The summed E-state index contributed by atoms with van der Waals surface area (Å²) in [6, 6.07) is 6.06. The number of hydrogen-bond donors (Lipinski definition) is 0. The van der Waals surface area contributed by atoms with Crippen molar-refractivity contribution >= 4 is 23.7 Å². The Kier molecular flexibility index (Phi) is 5.85. The van der Waals surface area contributed by atoms with Crippen molar-refractivity contribution in [3.05, 3.63) is 70.8 Å². The minimum absolute atomic E-state index is 0.0644. The minimum Gasteiger partial charge on any atom is -0.383 e. The predicted molar refractivity (Wildman–Crippen MR) is 103 cm³/mol. The molecule has 2 rings (SSSR count). The normalized spacial score (nSPS) is 11.2. The Labute approximate surface area is 151 Å². The fourth-order valence-electron chi connectivity index (χ4n) is 2.40. The minimum atomic E-state index is -0.478. The van der Waals surface area contributed by atoms with Crippen LogP contribution in [-0.2, 0) is 0 Å². The van der Waals surface area contributed by atoms with Crippen molar-refractivity contribution in [1.82, 2.24) is 14.5 Å². The molecule has 0 saturated heterocycles. The molecule has 0 fully saturated rings. The van der Waals surface area contributed by atoms with Crippen LogP contribution in [0.1, 0.15) is 23.2 Å². The molecule has 1 heterocycles. The molecule has 1 aromatic heterocycles. The first kappa shape index (κ1) is 18.9. The van der Waals surface area contributed by atoms with Crippen molar-refractivity contribution in [2.45, 2.75) is 6.92 Å². The highest BCUT2D eigenvalue weighted by atomic mass is 16.6. The molecule has 0 atom stereocenters. The maximum atomic E-state index is 12.8. The van der Waals surface area contributed by atoms with Gasteiger partial charge >= 0.3 is 0 Å². The Morgan fingerprint density at radius 3 is 2.69 bits per heavy atom. The molecular weight excluding hydrogens is 332 g/mol. The number of hydrogen-bond acceptors (Lipinski definition) is 5. The van der Waals surface area contributed by atoms with Crippen molar-refractivity contribution in [3.63, 3.8) is 0 Å². The van der Waals surface area contributed by atoms with Gasteiger partial charge in [-0.1, -0.05) is 24.8 Å². The molecule has 0 spiro atoms. The van der Waals surface area contributed by atoms with Gasteiger partial charge < -0.3 is 4.90 Å². The number of ketones is 1. The van der Waals surface area contributed by atoms with Crippen molar-refractivity contribution in [1.29, 1.82) is 0 Å². The van der Waals surface area contributed by atoms with Gasteiger partial charge in [0.15, 0.2) is 0 Å². The van der Waals surface area contributed by atoms with Crippen LogP contribution >= 0.6 is 0 Å². The summed E-state index contributed by atoms with van der Waals surface area (Å²) < 4.78 is 1.58. The second-order valence-corrected chi connectivity index (χ2v) is 5.67. The molecule has 0 unspecified atom stereocenters. The number of nitrogens with zero attached hydrogens (tertiary/aromatic N) is 4. The predicted octanol–water partition coefficient (Wildman–Crippen LogP) is 3.85. The number of carbonyl (C=O) groups excluding carboxylic acids is 1. The van der Waals surface area contributed by atoms with Crippen LogP contribution in [0.25, 0.3) is 23.5 Å². The van der Waals surface area contributed by atoms with Crippen LogP contribution in [0.4, 0.5) is 5.69 Å². The van der Waals surface area contributed by atoms with Gasteiger partial charge in [-0.25, -0.2) is 4.98 Å². The Bertz CT molecular complexity index is 908. The average Bonchev–Trinajstić information content (AvgIpc) is 2.98. The van der Waals surface area contributed by atoms with E-state index in [0.29, 0.717) is 22.8 Å². The number of nitro groups is 1. The number of imidazole rings is 1. The number of aromatic nitrogens is 2. The first-order valence-corrected chi connectivity index (χ1v) is 7.90. The fourth-order valence-corrected chi connectivity index (χ4v) is 2.40. The van der Waals surface area contributed by atoms with E-state index in [1.54, 1.807) is 54.0 Å². The molecule has 0 radical (unpaired) electrons. The third-order valence-corrected chi connectivity index (χ3v) is 3.52. The van der Waals surface area contributed by atoms with Crippen molar-refractivity contribution < 1.29 is 9.72 Å². The molecule has 0 bridgehead atoms. The quantitative estimate of drug-likeness (QED) is 0.327. The molecule has 0 amide bonds. The largest absolute Gasteiger partial charge is 0.383 e. The number of rotatable bonds is 7. The second kappa shape index (κ2) is 8.06. The third-order valence-electron chi connectivity index (χ3n) is 3.52. The lowest BCUT2D eigenvalue weighted by atomic mass is 10.1. The number of allylic oxidation sites excluding steroid dienone is 2. The van der Waals surface area contributed by atoms with Crippen molar-refractivity contribution in [2.75, 3.05) is 14.1 Å². The summed E-state index contributed by atoms with van der Waals surface area (Å²) >= 11 is 0. The Morgan fingerprint density at radius 2 is 2.12 bits per heavy atom.